The van der Waals surface area contributed by atoms with Gasteiger partial charge in [0, 0.05) is 11.3 Å². The first-order chi connectivity index (χ1) is 9.31. The van der Waals surface area contributed by atoms with Gasteiger partial charge in [0.05, 0.1) is 18.9 Å². The molecular weight excluding hydrogens is 282 g/mol. The highest BCUT2D eigenvalue weighted by atomic mass is 35.5. The molecule has 19 heavy (non-hydrogen) atoms. The molecule has 0 unspecified atom stereocenters. The number of nitrogens with zero attached hydrogens (tertiary/aromatic N) is 2. The van der Waals surface area contributed by atoms with Gasteiger partial charge >= 0.3 is 0 Å². The fourth-order valence-electron chi connectivity index (χ4n) is 1.69. The first kappa shape index (κ1) is 12.2. The summed E-state index contributed by atoms with van der Waals surface area (Å²) in [5.41, 5.74) is 1.99. The van der Waals surface area contributed by atoms with E-state index in [-0.39, 0.29) is 0 Å². The van der Waals surface area contributed by atoms with Crippen LogP contribution in [0.5, 0.6) is 0 Å². The van der Waals surface area contributed by atoms with E-state index in [9.17, 15) is 0 Å². The molecule has 0 bridgehead atoms. The summed E-state index contributed by atoms with van der Waals surface area (Å²) in [4.78, 5) is 8.11. The summed E-state index contributed by atoms with van der Waals surface area (Å²) in [6.45, 7) is 0.650. The molecule has 0 radical (unpaired) electrons. The summed E-state index contributed by atoms with van der Waals surface area (Å²) in [7, 11) is 0. The average molecular weight is 292 g/mol. The molecule has 1 N–H and O–H groups in total. The fourth-order valence-corrected chi connectivity index (χ4v) is 2.58. The van der Waals surface area contributed by atoms with Crippen molar-refractivity contribution in [3.63, 3.8) is 0 Å². The Morgan fingerprint density at radius 3 is 3.00 bits per heavy atom. The summed E-state index contributed by atoms with van der Waals surface area (Å²) < 4.78 is 5.98. The zero-order valence-corrected chi connectivity index (χ0v) is 11.4. The fraction of sp³-hybridized carbons (Fsp3) is 0.0769. The third-order valence-electron chi connectivity index (χ3n) is 2.55. The van der Waals surface area contributed by atoms with Crippen LogP contribution >= 0.6 is 22.9 Å². The Labute approximate surface area is 119 Å². The molecule has 0 saturated carbocycles. The van der Waals surface area contributed by atoms with E-state index in [0.29, 0.717) is 10.9 Å². The SMILES string of the molecule is Clc1cnc(CNc2cccc(-c3cnco3)c2)s1. The minimum atomic E-state index is 0.650. The molecule has 0 atom stereocenters. The van der Waals surface area contributed by atoms with Gasteiger partial charge in [-0.05, 0) is 12.1 Å². The van der Waals surface area contributed by atoms with Crippen molar-refractivity contribution in [3.05, 3.63) is 52.4 Å². The number of thiazole rings is 1. The number of hydrogen-bond acceptors (Lipinski definition) is 5. The van der Waals surface area contributed by atoms with Gasteiger partial charge in [-0.1, -0.05) is 23.7 Å². The lowest BCUT2D eigenvalue weighted by Gasteiger charge is -2.05. The highest BCUT2D eigenvalue weighted by molar-refractivity contribution is 7.15. The number of oxazole rings is 1. The standard InChI is InChI=1S/C13H10ClN3OS/c14-12-6-17-13(19-12)7-16-10-3-1-2-9(4-10)11-5-15-8-18-11/h1-6,8,16H,7H2. The van der Waals surface area contributed by atoms with Gasteiger partial charge < -0.3 is 9.73 Å². The van der Waals surface area contributed by atoms with Crippen LogP contribution in [0.3, 0.4) is 0 Å². The largest absolute Gasteiger partial charge is 0.444 e. The third kappa shape index (κ3) is 2.94. The summed E-state index contributed by atoms with van der Waals surface area (Å²) in [6.07, 6.45) is 4.78. The molecule has 2 aromatic heterocycles. The smallest absolute Gasteiger partial charge is 0.181 e. The van der Waals surface area contributed by atoms with Crippen LogP contribution < -0.4 is 5.32 Å². The number of benzene rings is 1. The van der Waals surface area contributed by atoms with Crippen molar-refractivity contribution < 1.29 is 4.42 Å². The maximum atomic E-state index is 5.84. The number of anilines is 1. The second-order valence-corrected chi connectivity index (χ2v) is 5.60. The van der Waals surface area contributed by atoms with Gasteiger partial charge in [-0.25, -0.2) is 9.97 Å². The summed E-state index contributed by atoms with van der Waals surface area (Å²) in [5, 5.41) is 4.26. The Hall–Kier alpha value is -1.85. The summed E-state index contributed by atoms with van der Waals surface area (Å²) >= 11 is 7.32. The molecule has 1 aromatic carbocycles. The molecule has 0 amide bonds. The molecule has 0 spiro atoms. The van der Waals surface area contributed by atoms with Gasteiger partial charge in [0.1, 0.15) is 9.34 Å². The van der Waals surface area contributed by atoms with Crippen LogP contribution in [-0.2, 0) is 6.54 Å². The van der Waals surface area contributed by atoms with Crippen molar-refractivity contribution in [2.24, 2.45) is 0 Å². The zero-order chi connectivity index (χ0) is 13.1. The zero-order valence-electron chi connectivity index (χ0n) is 9.84. The van der Waals surface area contributed by atoms with Crippen molar-refractivity contribution >= 4 is 28.6 Å². The molecule has 3 aromatic rings. The predicted molar refractivity (Wildman–Crippen MR) is 76.4 cm³/mol. The number of aromatic nitrogens is 2. The molecule has 2 heterocycles. The second kappa shape index (κ2) is 5.42. The second-order valence-electron chi connectivity index (χ2n) is 3.86. The van der Waals surface area contributed by atoms with Crippen LogP contribution in [0.2, 0.25) is 4.34 Å². The summed E-state index contributed by atoms with van der Waals surface area (Å²) in [6, 6.07) is 7.95. The molecule has 0 aliphatic rings. The third-order valence-corrected chi connectivity index (χ3v) is 3.66. The molecule has 0 aliphatic heterocycles. The van der Waals surface area contributed by atoms with E-state index in [1.807, 2.05) is 24.3 Å². The predicted octanol–water partition coefficient (Wildman–Crippen LogP) is 4.06. The van der Waals surface area contributed by atoms with Gasteiger partial charge in [0.25, 0.3) is 0 Å². The van der Waals surface area contributed by atoms with Crippen molar-refractivity contribution in [2.75, 3.05) is 5.32 Å². The van der Waals surface area contributed by atoms with E-state index >= 15 is 0 Å². The number of halogens is 1. The molecule has 96 valence electrons. The Balaban J connectivity index is 1.73. The van der Waals surface area contributed by atoms with E-state index in [1.165, 1.54) is 17.7 Å². The number of hydrogen-bond donors (Lipinski definition) is 1. The molecular formula is C13H10ClN3OS. The topological polar surface area (TPSA) is 51.0 Å². The lowest BCUT2D eigenvalue weighted by molar-refractivity contribution is 0.572. The quantitative estimate of drug-likeness (QED) is 0.787. The first-order valence-corrected chi connectivity index (χ1v) is 6.84. The van der Waals surface area contributed by atoms with Crippen molar-refractivity contribution in [3.8, 4) is 11.3 Å². The maximum absolute atomic E-state index is 5.84. The Morgan fingerprint density at radius 1 is 1.32 bits per heavy atom. The number of rotatable bonds is 4. The Morgan fingerprint density at radius 2 is 2.26 bits per heavy atom. The van der Waals surface area contributed by atoms with E-state index in [0.717, 1.165) is 22.0 Å². The van der Waals surface area contributed by atoms with Crippen LogP contribution in [-0.4, -0.2) is 9.97 Å². The lowest BCUT2D eigenvalue weighted by atomic mass is 10.1. The van der Waals surface area contributed by atoms with Crippen molar-refractivity contribution in [1.29, 1.82) is 0 Å². The van der Waals surface area contributed by atoms with E-state index in [4.69, 9.17) is 16.0 Å². The van der Waals surface area contributed by atoms with E-state index in [1.54, 1.807) is 12.4 Å². The van der Waals surface area contributed by atoms with Gasteiger partial charge in [0.15, 0.2) is 12.2 Å². The molecule has 0 saturated heterocycles. The summed E-state index contributed by atoms with van der Waals surface area (Å²) in [5.74, 6) is 0.751. The highest BCUT2D eigenvalue weighted by Crippen LogP contribution is 2.23. The lowest BCUT2D eigenvalue weighted by Crippen LogP contribution is -1.98. The molecule has 0 aliphatic carbocycles. The first-order valence-electron chi connectivity index (χ1n) is 5.64. The average Bonchev–Trinajstić information content (AvgIpc) is 3.08. The van der Waals surface area contributed by atoms with E-state index < -0.39 is 0 Å². The minimum absolute atomic E-state index is 0.650. The molecule has 4 nitrogen and oxygen atoms in total. The van der Waals surface area contributed by atoms with Crippen LogP contribution in [0.25, 0.3) is 11.3 Å². The Bertz CT molecular complexity index is 666. The Kier molecular flexibility index (Phi) is 3.48. The monoisotopic (exact) mass is 291 g/mol. The van der Waals surface area contributed by atoms with Crippen LogP contribution in [0, 0.1) is 0 Å². The van der Waals surface area contributed by atoms with Crippen LogP contribution in [0.15, 0.2) is 47.5 Å². The number of nitrogens with one attached hydrogen (secondary N) is 1. The van der Waals surface area contributed by atoms with Gasteiger partial charge in [-0.2, -0.15) is 0 Å². The van der Waals surface area contributed by atoms with Gasteiger partial charge in [-0.3, -0.25) is 0 Å². The maximum Gasteiger partial charge on any atom is 0.181 e. The molecule has 0 fully saturated rings. The highest BCUT2D eigenvalue weighted by Gasteiger charge is 2.03. The van der Waals surface area contributed by atoms with Crippen LogP contribution in [0.1, 0.15) is 5.01 Å². The molecule has 6 heteroatoms. The normalized spacial score (nSPS) is 10.6. The van der Waals surface area contributed by atoms with Gasteiger partial charge in [-0.15, -0.1) is 11.3 Å². The van der Waals surface area contributed by atoms with E-state index in [2.05, 4.69) is 15.3 Å². The minimum Gasteiger partial charge on any atom is -0.444 e. The van der Waals surface area contributed by atoms with Crippen molar-refractivity contribution in [1.82, 2.24) is 9.97 Å². The van der Waals surface area contributed by atoms with Crippen molar-refractivity contribution in [2.45, 2.75) is 6.54 Å². The van der Waals surface area contributed by atoms with Gasteiger partial charge in [0.2, 0.25) is 0 Å². The van der Waals surface area contributed by atoms with Crippen LogP contribution in [0.4, 0.5) is 5.69 Å². The molecule has 3 rings (SSSR count).